The molecule has 10 nitrogen and oxygen atoms in total. The van der Waals surface area contributed by atoms with E-state index in [9.17, 15) is 18.8 Å². The Labute approximate surface area is 270 Å². The van der Waals surface area contributed by atoms with E-state index in [4.69, 9.17) is 19.5 Å². The lowest BCUT2D eigenvalue weighted by atomic mass is 9.98. The van der Waals surface area contributed by atoms with E-state index < -0.39 is 29.8 Å². The van der Waals surface area contributed by atoms with Crippen LogP contribution >= 0.6 is 0 Å². The lowest BCUT2D eigenvalue weighted by Gasteiger charge is -2.39. The third-order valence-electron chi connectivity index (χ3n) is 8.16. The van der Waals surface area contributed by atoms with Crippen LogP contribution in [0.4, 0.5) is 4.39 Å². The number of benzene rings is 4. The minimum Gasteiger partial charge on any atom is -0.496 e. The highest BCUT2D eigenvalue weighted by molar-refractivity contribution is 5.97. The molecular weight excluding hydrogens is 603 g/mol. The van der Waals surface area contributed by atoms with Crippen molar-refractivity contribution >= 4 is 17.7 Å². The summed E-state index contributed by atoms with van der Waals surface area (Å²) in [7, 11) is 1.53. The largest absolute Gasteiger partial charge is 0.496 e. The predicted molar refractivity (Wildman–Crippen MR) is 170 cm³/mol. The molecule has 2 N–H and O–H groups in total. The fourth-order valence-electron chi connectivity index (χ4n) is 5.66. The molecule has 1 saturated heterocycles. The first-order valence-electron chi connectivity index (χ1n) is 15.0. The molecule has 4 aromatic carbocycles. The van der Waals surface area contributed by atoms with Gasteiger partial charge in [-0.25, -0.2) is 4.39 Å². The van der Waals surface area contributed by atoms with E-state index in [-0.39, 0.29) is 43.3 Å². The summed E-state index contributed by atoms with van der Waals surface area (Å²) in [4.78, 5) is 41.2. The van der Waals surface area contributed by atoms with Crippen molar-refractivity contribution in [2.24, 2.45) is 0 Å². The lowest BCUT2D eigenvalue weighted by molar-refractivity contribution is -0.123. The highest BCUT2D eigenvalue weighted by atomic mass is 19.1. The lowest BCUT2D eigenvalue weighted by Crippen LogP contribution is -2.58. The number of carbonyl (C=O) groups is 3. The highest BCUT2D eigenvalue weighted by Crippen LogP contribution is 2.33. The van der Waals surface area contributed by atoms with Crippen molar-refractivity contribution in [3.8, 4) is 34.4 Å². The van der Waals surface area contributed by atoms with Crippen molar-refractivity contribution in [1.82, 2.24) is 15.5 Å². The Kier molecular flexibility index (Phi) is 9.02. The van der Waals surface area contributed by atoms with Crippen molar-refractivity contribution in [2.45, 2.75) is 25.1 Å². The van der Waals surface area contributed by atoms with Gasteiger partial charge in [0.1, 0.15) is 29.2 Å². The summed E-state index contributed by atoms with van der Waals surface area (Å²) < 4.78 is 32.5. The molecule has 0 unspecified atom stereocenters. The number of ether oxygens (including phenoxy) is 3. The molecule has 3 aliphatic heterocycles. The number of carbonyl (C=O) groups excluding carboxylic acids is 3. The Morgan fingerprint density at radius 1 is 1.00 bits per heavy atom. The molecule has 4 aromatic rings. The average molecular weight is 635 g/mol. The van der Waals surface area contributed by atoms with Crippen molar-refractivity contribution < 1.29 is 33.0 Å². The first-order chi connectivity index (χ1) is 22.8. The minimum atomic E-state index is -0.788. The molecule has 0 aromatic heterocycles. The van der Waals surface area contributed by atoms with Crippen LogP contribution in [0.5, 0.6) is 17.2 Å². The summed E-state index contributed by atoms with van der Waals surface area (Å²) in [5.74, 6) is -0.479. The molecule has 0 radical (unpaired) electrons. The van der Waals surface area contributed by atoms with Gasteiger partial charge in [-0.15, -0.1) is 0 Å². The van der Waals surface area contributed by atoms with Gasteiger partial charge < -0.3 is 29.7 Å². The van der Waals surface area contributed by atoms with Crippen LogP contribution in [0.2, 0.25) is 0 Å². The number of likely N-dealkylation sites (tertiary alicyclic amines) is 1. The smallest absolute Gasteiger partial charge is 0.258 e. The third-order valence-corrected chi connectivity index (χ3v) is 8.16. The van der Waals surface area contributed by atoms with Gasteiger partial charge in [0.25, 0.3) is 17.7 Å². The van der Waals surface area contributed by atoms with E-state index in [1.165, 1.54) is 24.1 Å². The number of hydrogen-bond acceptors (Lipinski definition) is 7. The summed E-state index contributed by atoms with van der Waals surface area (Å²) in [6, 6.07) is 24.3. The Hall–Kier alpha value is -5.89. The second-order valence-electron chi connectivity index (χ2n) is 11.2. The number of hydrogen-bond donors (Lipinski definition) is 2. The summed E-state index contributed by atoms with van der Waals surface area (Å²) in [6.45, 7) is 0.425. The molecule has 2 atom stereocenters. The van der Waals surface area contributed by atoms with Crippen LogP contribution in [0.15, 0.2) is 84.9 Å². The summed E-state index contributed by atoms with van der Waals surface area (Å²) in [6.07, 6.45) is -0.163. The summed E-state index contributed by atoms with van der Waals surface area (Å²) in [5, 5.41) is 15.0. The van der Waals surface area contributed by atoms with Gasteiger partial charge in [0.05, 0.1) is 30.3 Å². The molecule has 0 aliphatic carbocycles. The van der Waals surface area contributed by atoms with Gasteiger partial charge in [-0.2, -0.15) is 5.26 Å². The normalized spacial score (nSPS) is 17.9. The molecule has 11 heteroatoms. The van der Waals surface area contributed by atoms with E-state index in [2.05, 4.69) is 10.6 Å². The summed E-state index contributed by atoms with van der Waals surface area (Å²) in [5.41, 5.74) is 2.49. The van der Waals surface area contributed by atoms with Gasteiger partial charge in [-0.1, -0.05) is 24.3 Å². The van der Waals surface area contributed by atoms with E-state index >= 15 is 0 Å². The van der Waals surface area contributed by atoms with Crippen LogP contribution in [-0.4, -0.2) is 61.6 Å². The van der Waals surface area contributed by atoms with Crippen molar-refractivity contribution in [2.75, 3.05) is 26.8 Å². The van der Waals surface area contributed by atoms with Gasteiger partial charge in [-0.05, 0) is 71.8 Å². The maximum absolute atomic E-state index is 14.8. The van der Waals surface area contributed by atoms with Gasteiger partial charge in [0, 0.05) is 37.2 Å². The molecule has 0 spiro atoms. The van der Waals surface area contributed by atoms with Crippen LogP contribution in [0, 0.1) is 17.1 Å². The zero-order valence-corrected chi connectivity index (χ0v) is 25.5. The Morgan fingerprint density at radius 3 is 2.60 bits per heavy atom. The van der Waals surface area contributed by atoms with Gasteiger partial charge in [0.2, 0.25) is 0 Å². The molecule has 3 aliphatic rings. The number of methoxy groups -OCH3 is 1. The quantitative estimate of drug-likeness (QED) is 0.333. The minimum absolute atomic E-state index is 0.0567. The van der Waals surface area contributed by atoms with E-state index in [0.717, 1.165) is 11.6 Å². The monoisotopic (exact) mass is 634 g/mol. The number of nitrogens with zero attached hydrogens (tertiary/aromatic N) is 2. The number of amides is 3. The van der Waals surface area contributed by atoms with Crippen LogP contribution in [0.3, 0.4) is 0 Å². The fraction of sp³-hybridized carbons (Fsp3) is 0.222. The molecule has 3 heterocycles. The number of rotatable bonds is 2. The average Bonchev–Trinajstić information content (AvgIpc) is 3.10. The third kappa shape index (κ3) is 7.02. The van der Waals surface area contributed by atoms with Crippen LogP contribution in [0.1, 0.15) is 38.3 Å². The first kappa shape index (κ1) is 31.1. The SMILES string of the molecule is COc1ccc2cc1-c1cccc(c1)OCC(=O)NCc1ccc(cc1)O[C@@H]1CCN(C(=O)c3ccc(C#N)cc3F)C[C@H]1NC2=O. The fourth-order valence-corrected chi connectivity index (χ4v) is 5.66. The van der Waals surface area contributed by atoms with E-state index in [0.29, 0.717) is 40.4 Å². The maximum atomic E-state index is 14.8. The van der Waals surface area contributed by atoms with Gasteiger partial charge >= 0.3 is 0 Å². The Morgan fingerprint density at radius 2 is 1.83 bits per heavy atom. The molecule has 0 saturated carbocycles. The number of nitrogens with one attached hydrogen (secondary N) is 2. The summed E-state index contributed by atoms with van der Waals surface area (Å²) >= 11 is 0. The Bertz CT molecular complexity index is 1870. The standard InChI is InChI=1S/C36H31FN4O6/c1-45-32-12-8-25-17-29(32)24-3-2-4-27(16-24)46-21-34(42)39-19-22-5-9-26(10-6-22)47-33-13-14-41(20-31(33)40-35(25)43)36(44)28-11-7-23(18-38)15-30(28)37/h2-12,15-17,31,33H,13-14,19-21H2,1H3,(H,39,42)(H,40,43)/t31-,33-/m1/s1. The number of nitriles is 1. The zero-order chi connectivity index (χ0) is 32.9. The second-order valence-corrected chi connectivity index (χ2v) is 11.2. The molecule has 1 fully saturated rings. The second kappa shape index (κ2) is 13.6. The molecule has 3 amide bonds. The molecular formula is C36H31FN4O6. The van der Waals surface area contributed by atoms with Gasteiger partial charge in [-0.3, -0.25) is 14.4 Å². The van der Waals surface area contributed by atoms with Crippen LogP contribution < -0.4 is 24.8 Å². The maximum Gasteiger partial charge on any atom is 0.258 e. The predicted octanol–water partition coefficient (Wildman–Crippen LogP) is 4.47. The molecule has 47 heavy (non-hydrogen) atoms. The number of fused-ring (bicyclic) bond motifs is 7. The topological polar surface area (TPSA) is 130 Å². The highest BCUT2D eigenvalue weighted by Gasteiger charge is 2.35. The van der Waals surface area contributed by atoms with Gasteiger partial charge in [0.15, 0.2) is 6.61 Å². The number of halogens is 1. The number of piperidine rings is 1. The molecule has 7 rings (SSSR count). The van der Waals surface area contributed by atoms with E-state index in [1.54, 1.807) is 48.5 Å². The van der Waals surface area contributed by atoms with Crippen molar-refractivity contribution in [3.05, 3.63) is 113 Å². The van der Waals surface area contributed by atoms with E-state index in [1.807, 2.05) is 24.3 Å². The van der Waals surface area contributed by atoms with Crippen LogP contribution in [0.25, 0.3) is 11.1 Å². The first-order valence-corrected chi connectivity index (χ1v) is 15.0. The Balaban J connectivity index is 1.34. The van der Waals surface area contributed by atoms with Crippen molar-refractivity contribution in [3.63, 3.8) is 0 Å². The zero-order valence-electron chi connectivity index (χ0n) is 25.5. The molecule has 238 valence electrons. The van der Waals surface area contributed by atoms with Crippen LogP contribution in [-0.2, 0) is 11.3 Å². The molecule has 6 bridgehead atoms. The van der Waals surface area contributed by atoms with Crippen molar-refractivity contribution in [1.29, 1.82) is 5.26 Å².